The topological polar surface area (TPSA) is 66.7 Å². The molecule has 0 amide bonds. The maximum atomic E-state index is 10.4. The first-order chi connectivity index (χ1) is 7.13. The van der Waals surface area contributed by atoms with Gasteiger partial charge in [-0.05, 0) is 18.1 Å². The summed E-state index contributed by atoms with van der Waals surface area (Å²) >= 11 is 0. The molecule has 0 fully saturated rings. The molecule has 1 N–H and O–H groups in total. The number of carboxylic acid groups (broad SMARTS) is 1. The SMILES string of the molecule is CC(N=C=O)c1ccc(CC(=O)O)cc1. The van der Waals surface area contributed by atoms with E-state index in [0.29, 0.717) is 0 Å². The Bertz CT molecular complexity index is 391. The van der Waals surface area contributed by atoms with Gasteiger partial charge in [-0.1, -0.05) is 24.3 Å². The molecule has 0 spiro atoms. The van der Waals surface area contributed by atoms with Crippen molar-refractivity contribution in [3.8, 4) is 0 Å². The van der Waals surface area contributed by atoms with E-state index in [0.717, 1.165) is 11.1 Å². The van der Waals surface area contributed by atoms with Gasteiger partial charge < -0.3 is 5.11 Å². The summed E-state index contributed by atoms with van der Waals surface area (Å²) in [7, 11) is 0. The minimum Gasteiger partial charge on any atom is -0.481 e. The number of carboxylic acids is 1. The van der Waals surface area contributed by atoms with Gasteiger partial charge in [0.1, 0.15) is 0 Å². The second kappa shape index (κ2) is 5.08. The molecule has 1 rings (SSSR count). The van der Waals surface area contributed by atoms with Gasteiger partial charge in [-0.15, -0.1) is 0 Å². The van der Waals surface area contributed by atoms with Crippen molar-refractivity contribution in [2.24, 2.45) is 4.99 Å². The lowest BCUT2D eigenvalue weighted by Gasteiger charge is -2.04. The van der Waals surface area contributed by atoms with Crippen LogP contribution in [-0.2, 0) is 16.0 Å². The highest BCUT2D eigenvalue weighted by Gasteiger charge is 2.04. The molecule has 15 heavy (non-hydrogen) atoms. The highest BCUT2D eigenvalue weighted by atomic mass is 16.4. The third kappa shape index (κ3) is 3.37. The van der Waals surface area contributed by atoms with E-state index in [-0.39, 0.29) is 12.5 Å². The summed E-state index contributed by atoms with van der Waals surface area (Å²) in [5, 5.41) is 8.56. The number of rotatable bonds is 4. The van der Waals surface area contributed by atoms with Crippen LogP contribution in [-0.4, -0.2) is 17.2 Å². The van der Waals surface area contributed by atoms with Crippen molar-refractivity contribution in [1.29, 1.82) is 0 Å². The van der Waals surface area contributed by atoms with Gasteiger partial charge >= 0.3 is 5.97 Å². The summed E-state index contributed by atoms with van der Waals surface area (Å²) in [6, 6.07) is 6.75. The number of carbonyl (C=O) groups excluding carboxylic acids is 1. The normalized spacial score (nSPS) is 11.5. The Morgan fingerprint density at radius 3 is 2.53 bits per heavy atom. The molecule has 4 heteroatoms. The van der Waals surface area contributed by atoms with Gasteiger partial charge in [-0.25, -0.2) is 4.79 Å². The predicted molar refractivity (Wildman–Crippen MR) is 54.3 cm³/mol. The Morgan fingerprint density at radius 2 is 2.07 bits per heavy atom. The lowest BCUT2D eigenvalue weighted by molar-refractivity contribution is -0.136. The number of aliphatic imine (C=N–C) groups is 1. The molecule has 0 aliphatic carbocycles. The molecule has 78 valence electrons. The molecular formula is C11H11NO3. The highest BCUT2D eigenvalue weighted by Crippen LogP contribution is 2.16. The van der Waals surface area contributed by atoms with E-state index in [9.17, 15) is 9.59 Å². The second-order valence-electron chi connectivity index (χ2n) is 3.21. The molecule has 1 atom stereocenters. The van der Waals surface area contributed by atoms with Gasteiger partial charge in [-0.2, -0.15) is 4.99 Å². The lowest BCUT2D eigenvalue weighted by atomic mass is 10.1. The summed E-state index contributed by atoms with van der Waals surface area (Å²) in [5.74, 6) is -0.860. The van der Waals surface area contributed by atoms with Crippen LogP contribution in [0, 0.1) is 0 Å². The lowest BCUT2D eigenvalue weighted by Crippen LogP contribution is -2.00. The molecule has 1 aromatic carbocycles. The van der Waals surface area contributed by atoms with Gasteiger partial charge in [0, 0.05) is 0 Å². The number of hydrogen-bond donors (Lipinski definition) is 1. The molecule has 1 aromatic rings. The van der Waals surface area contributed by atoms with E-state index in [4.69, 9.17) is 5.11 Å². The Balaban J connectivity index is 2.80. The van der Waals surface area contributed by atoms with Gasteiger partial charge in [0.15, 0.2) is 0 Å². The van der Waals surface area contributed by atoms with Gasteiger partial charge in [-0.3, -0.25) is 4.79 Å². The number of benzene rings is 1. The Hall–Kier alpha value is -1.93. The molecule has 0 radical (unpaired) electrons. The largest absolute Gasteiger partial charge is 0.481 e. The molecule has 0 saturated carbocycles. The van der Waals surface area contributed by atoms with Crippen LogP contribution in [0.3, 0.4) is 0 Å². The van der Waals surface area contributed by atoms with Crippen LogP contribution in [0.2, 0.25) is 0 Å². The summed E-state index contributed by atoms with van der Waals surface area (Å²) in [5.41, 5.74) is 1.60. The maximum Gasteiger partial charge on any atom is 0.307 e. The molecular weight excluding hydrogens is 194 g/mol. The zero-order valence-corrected chi connectivity index (χ0v) is 8.30. The van der Waals surface area contributed by atoms with Crippen LogP contribution >= 0.6 is 0 Å². The van der Waals surface area contributed by atoms with Crippen LogP contribution in [0.5, 0.6) is 0 Å². The zero-order valence-electron chi connectivity index (χ0n) is 8.30. The van der Waals surface area contributed by atoms with Gasteiger partial charge in [0.2, 0.25) is 6.08 Å². The molecule has 0 aliphatic rings. The fourth-order valence-electron chi connectivity index (χ4n) is 1.24. The van der Waals surface area contributed by atoms with Crippen molar-refractivity contribution < 1.29 is 14.7 Å². The molecule has 4 nitrogen and oxygen atoms in total. The van der Waals surface area contributed by atoms with Crippen LogP contribution < -0.4 is 0 Å². The van der Waals surface area contributed by atoms with Crippen molar-refractivity contribution in [1.82, 2.24) is 0 Å². The van der Waals surface area contributed by atoms with Crippen LogP contribution in [0.25, 0.3) is 0 Å². The summed E-state index contributed by atoms with van der Waals surface area (Å²) in [6.07, 6.45) is 1.50. The van der Waals surface area contributed by atoms with E-state index < -0.39 is 5.97 Å². The quantitative estimate of drug-likeness (QED) is 0.601. The maximum absolute atomic E-state index is 10.4. The number of carbonyl (C=O) groups is 1. The smallest absolute Gasteiger partial charge is 0.307 e. The van der Waals surface area contributed by atoms with Crippen molar-refractivity contribution in [2.75, 3.05) is 0 Å². The van der Waals surface area contributed by atoms with Crippen LogP contribution in [0.1, 0.15) is 24.1 Å². The van der Waals surface area contributed by atoms with Gasteiger partial charge in [0.25, 0.3) is 0 Å². The average molecular weight is 205 g/mol. The van der Waals surface area contributed by atoms with Crippen molar-refractivity contribution in [3.05, 3.63) is 35.4 Å². The average Bonchev–Trinajstić information content (AvgIpc) is 2.18. The van der Waals surface area contributed by atoms with E-state index in [2.05, 4.69) is 4.99 Å². The number of isocyanates is 1. The standard InChI is InChI=1S/C11H11NO3/c1-8(12-7-13)10-4-2-9(3-5-10)6-11(14)15/h2-5,8H,6H2,1H3,(H,14,15). The van der Waals surface area contributed by atoms with Crippen LogP contribution in [0.15, 0.2) is 29.3 Å². The monoisotopic (exact) mass is 205 g/mol. The summed E-state index contributed by atoms with van der Waals surface area (Å²) < 4.78 is 0. The van der Waals surface area contributed by atoms with Crippen molar-refractivity contribution in [2.45, 2.75) is 19.4 Å². The van der Waals surface area contributed by atoms with Crippen LogP contribution in [0.4, 0.5) is 0 Å². The fourth-order valence-corrected chi connectivity index (χ4v) is 1.24. The Morgan fingerprint density at radius 1 is 1.47 bits per heavy atom. The molecule has 0 bridgehead atoms. The molecule has 0 heterocycles. The van der Waals surface area contributed by atoms with E-state index in [1.165, 1.54) is 6.08 Å². The number of hydrogen-bond acceptors (Lipinski definition) is 3. The number of aliphatic carboxylic acids is 1. The first-order valence-electron chi connectivity index (χ1n) is 4.51. The first-order valence-corrected chi connectivity index (χ1v) is 4.51. The minimum atomic E-state index is -0.860. The zero-order chi connectivity index (χ0) is 11.3. The number of nitrogens with zero attached hydrogens (tertiary/aromatic N) is 1. The third-order valence-electron chi connectivity index (χ3n) is 2.06. The molecule has 1 unspecified atom stereocenters. The van der Waals surface area contributed by atoms with E-state index in [1.807, 2.05) is 0 Å². The first kappa shape index (κ1) is 11.1. The second-order valence-corrected chi connectivity index (χ2v) is 3.21. The summed E-state index contributed by atoms with van der Waals surface area (Å²) in [4.78, 5) is 24.0. The minimum absolute atomic E-state index is 0.00556. The predicted octanol–water partition coefficient (Wildman–Crippen LogP) is 1.71. The summed E-state index contributed by atoms with van der Waals surface area (Å²) in [6.45, 7) is 1.77. The van der Waals surface area contributed by atoms with Crippen molar-refractivity contribution >= 4 is 12.0 Å². The van der Waals surface area contributed by atoms with Crippen molar-refractivity contribution in [3.63, 3.8) is 0 Å². The molecule has 0 aromatic heterocycles. The Labute approximate surface area is 87.3 Å². The highest BCUT2D eigenvalue weighted by molar-refractivity contribution is 5.70. The molecule has 0 aliphatic heterocycles. The Kier molecular flexibility index (Phi) is 3.77. The van der Waals surface area contributed by atoms with Gasteiger partial charge in [0.05, 0.1) is 12.5 Å². The van der Waals surface area contributed by atoms with E-state index >= 15 is 0 Å². The fraction of sp³-hybridized carbons (Fsp3) is 0.273. The molecule has 0 saturated heterocycles. The van der Waals surface area contributed by atoms with E-state index in [1.54, 1.807) is 31.2 Å². The third-order valence-corrected chi connectivity index (χ3v) is 2.06.